The molecule has 2 aromatic carbocycles. The number of amides is 2. The van der Waals surface area contributed by atoms with Gasteiger partial charge >= 0.3 is 0 Å². The van der Waals surface area contributed by atoms with E-state index >= 15 is 0 Å². The zero-order chi connectivity index (χ0) is 23.5. The number of carbonyl (C=O) groups is 2. The van der Waals surface area contributed by atoms with E-state index in [0.717, 1.165) is 5.56 Å². The van der Waals surface area contributed by atoms with Gasteiger partial charge in [-0.15, -0.1) is 0 Å². The lowest BCUT2D eigenvalue weighted by Crippen LogP contribution is -2.49. The van der Waals surface area contributed by atoms with E-state index in [1.165, 1.54) is 11.1 Å². The highest BCUT2D eigenvalue weighted by Gasteiger charge is 2.31. The molecule has 0 aliphatic carbocycles. The Morgan fingerprint density at radius 2 is 2.00 bits per heavy atom. The lowest BCUT2D eigenvalue weighted by molar-refractivity contribution is 0.0759. The Bertz CT molecular complexity index is 1040. The molecule has 0 saturated heterocycles. The van der Waals surface area contributed by atoms with Crippen LogP contribution in [0.15, 0.2) is 36.4 Å². The topological polar surface area (TPSA) is 90.9 Å². The van der Waals surface area contributed by atoms with Crippen LogP contribution >= 0.6 is 0 Å². The number of fused-ring (bicyclic) bond motifs is 2. The maximum atomic E-state index is 13.0. The predicted octanol–water partition coefficient (Wildman–Crippen LogP) is 2.50. The molecule has 0 saturated carbocycles. The van der Waals surface area contributed by atoms with Crippen LogP contribution in [0.25, 0.3) is 0 Å². The number of hydrogen-bond acceptors (Lipinski definition) is 5. The fraction of sp³-hybridized carbons (Fsp3) is 0.462. The molecular formula is C26H33N3O4. The van der Waals surface area contributed by atoms with Crippen molar-refractivity contribution in [2.75, 3.05) is 19.7 Å². The molecule has 176 valence electrons. The smallest absolute Gasteiger partial charge is 0.255 e. The first-order valence-electron chi connectivity index (χ1n) is 11.7. The Kier molecular flexibility index (Phi) is 7.00. The van der Waals surface area contributed by atoms with Gasteiger partial charge in [0.15, 0.2) is 0 Å². The minimum Gasteiger partial charge on any atom is -0.493 e. The SMILES string of the molecule is CCOc1cc2c(cc1C(=O)NC[C@@H](O)[C@@H]1Cc3ccccc3CN1)CN(CC(C)C)C2=O. The number of ether oxygens (including phenoxy) is 1. The summed E-state index contributed by atoms with van der Waals surface area (Å²) in [4.78, 5) is 27.6. The van der Waals surface area contributed by atoms with Crippen LogP contribution in [-0.4, -0.2) is 53.7 Å². The molecule has 2 aliphatic rings. The number of benzene rings is 2. The highest BCUT2D eigenvalue weighted by Crippen LogP contribution is 2.31. The molecule has 0 bridgehead atoms. The van der Waals surface area contributed by atoms with Crippen molar-refractivity contribution in [3.63, 3.8) is 0 Å². The largest absolute Gasteiger partial charge is 0.493 e. The van der Waals surface area contributed by atoms with Crippen molar-refractivity contribution in [3.8, 4) is 5.75 Å². The van der Waals surface area contributed by atoms with Gasteiger partial charge in [0.25, 0.3) is 11.8 Å². The highest BCUT2D eigenvalue weighted by molar-refractivity contribution is 6.03. The van der Waals surface area contributed by atoms with Crippen LogP contribution in [0.2, 0.25) is 0 Å². The van der Waals surface area contributed by atoms with Crippen molar-refractivity contribution in [1.29, 1.82) is 0 Å². The van der Waals surface area contributed by atoms with Gasteiger partial charge in [-0.3, -0.25) is 9.59 Å². The Morgan fingerprint density at radius 3 is 2.73 bits per heavy atom. The molecule has 2 aliphatic heterocycles. The fourth-order valence-corrected chi connectivity index (χ4v) is 4.63. The maximum Gasteiger partial charge on any atom is 0.255 e. The molecule has 2 atom stereocenters. The summed E-state index contributed by atoms with van der Waals surface area (Å²) in [5, 5.41) is 16.9. The van der Waals surface area contributed by atoms with Gasteiger partial charge in [-0.2, -0.15) is 0 Å². The fourth-order valence-electron chi connectivity index (χ4n) is 4.63. The van der Waals surface area contributed by atoms with Gasteiger partial charge in [-0.1, -0.05) is 38.1 Å². The monoisotopic (exact) mass is 451 g/mol. The molecule has 33 heavy (non-hydrogen) atoms. The predicted molar refractivity (Wildman–Crippen MR) is 126 cm³/mol. The van der Waals surface area contributed by atoms with E-state index in [0.29, 0.717) is 55.5 Å². The summed E-state index contributed by atoms with van der Waals surface area (Å²) in [5.74, 6) is 0.420. The number of nitrogens with zero attached hydrogens (tertiary/aromatic N) is 1. The van der Waals surface area contributed by atoms with Gasteiger partial charge < -0.3 is 25.4 Å². The zero-order valence-corrected chi connectivity index (χ0v) is 19.6. The van der Waals surface area contributed by atoms with Gasteiger partial charge in [-0.05, 0) is 48.1 Å². The molecule has 0 radical (unpaired) electrons. The van der Waals surface area contributed by atoms with Crippen LogP contribution < -0.4 is 15.4 Å². The summed E-state index contributed by atoms with van der Waals surface area (Å²) < 4.78 is 5.70. The van der Waals surface area contributed by atoms with Gasteiger partial charge in [0.2, 0.25) is 0 Å². The van der Waals surface area contributed by atoms with E-state index in [1.807, 2.05) is 24.0 Å². The summed E-state index contributed by atoms with van der Waals surface area (Å²) in [7, 11) is 0. The molecule has 4 rings (SSSR count). The third-order valence-corrected chi connectivity index (χ3v) is 6.26. The summed E-state index contributed by atoms with van der Waals surface area (Å²) in [6, 6.07) is 11.5. The number of rotatable bonds is 8. The minimum atomic E-state index is -0.726. The molecule has 3 N–H and O–H groups in total. The summed E-state index contributed by atoms with van der Waals surface area (Å²) in [6.45, 7) is 8.37. The van der Waals surface area contributed by atoms with Gasteiger partial charge in [0.1, 0.15) is 5.75 Å². The van der Waals surface area contributed by atoms with E-state index in [1.54, 1.807) is 12.1 Å². The average Bonchev–Trinajstić information content (AvgIpc) is 3.10. The van der Waals surface area contributed by atoms with Crippen LogP contribution in [0, 0.1) is 5.92 Å². The third kappa shape index (κ3) is 5.04. The van der Waals surface area contributed by atoms with Crippen LogP contribution in [0.3, 0.4) is 0 Å². The van der Waals surface area contributed by atoms with Gasteiger partial charge in [-0.25, -0.2) is 0 Å². The van der Waals surface area contributed by atoms with Crippen LogP contribution in [-0.2, 0) is 19.5 Å². The first-order valence-corrected chi connectivity index (χ1v) is 11.7. The molecule has 2 heterocycles. The van der Waals surface area contributed by atoms with Crippen molar-refractivity contribution in [1.82, 2.24) is 15.5 Å². The normalized spacial score (nSPS) is 18.2. The molecule has 0 aromatic heterocycles. The molecule has 2 amide bonds. The number of aliphatic hydroxyl groups is 1. The first-order chi connectivity index (χ1) is 15.9. The molecule has 0 unspecified atom stereocenters. The molecule has 7 heteroatoms. The second-order valence-electron chi connectivity index (χ2n) is 9.26. The Morgan fingerprint density at radius 1 is 1.24 bits per heavy atom. The average molecular weight is 452 g/mol. The minimum absolute atomic E-state index is 0.0225. The molecule has 2 aromatic rings. The summed E-state index contributed by atoms with van der Waals surface area (Å²) >= 11 is 0. The van der Waals surface area contributed by atoms with Crippen molar-refractivity contribution in [3.05, 3.63) is 64.2 Å². The van der Waals surface area contributed by atoms with Crippen LogP contribution in [0.1, 0.15) is 58.2 Å². The lowest BCUT2D eigenvalue weighted by Gasteiger charge is -2.30. The van der Waals surface area contributed by atoms with Crippen LogP contribution in [0.5, 0.6) is 5.75 Å². The zero-order valence-electron chi connectivity index (χ0n) is 19.6. The lowest BCUT2D eigenvalue weighted by atomic mass is 9.93. The number of nitrogens with one attached hydrogen (secondary N) is 2. The maximum absolute atomic E-state index is 13.0. The van der Waals surface area contributed by atoms with Crippen molar-refractivity contribution in [2.24, 2.45) is 5.92 Å². The van der Waals surface area contributed by atoms with E-state index in [-0.39, 0.29) is 24.4 Å². The number of carbonyl (C=O) groups excluding carboxylic acids is 2. The Labute approximate surface area is 195 Å². The third-order valence-electron chi connectivity index (χ3n) is 6.26. The highest BCUT2D eigenvalue weighted by atomic mass is 16.5. The standard InChI is InChI=1S/C26H33N3O4/c1-4-33-24-11-20-19(15-29(26(20)32)14-16(2)3)9-21(24)25(31)28-13-23(30)22-10-17-7-5-6-8-18(17)12-27-22/h5-9,11,16,22-23,27,30H,4,10,12-15H2,1-3H3,(H,28,31)/t22-,23+/m0/s1. The first kappa shape index (κ1) is 23.3. The van der Waals surface area contributed by atoms with E-state index in [4.69, 9.17) is 4.74 Å². The second kappa shape index (κ2) is 9.93. The number of hydrogen-bond donors (Lipinski definition) is 3. The molecule has 0 fully saturated rings. The van der Waals surface area contributed by atoms with Gasteiger partial charge in [0, 0.05) is 37.8 Å². The van der Waals surface area contributed by atoms with Crippen molar-refractivity contribution in [2.45, 2.75) is 52.4 Å². The van der Waals surface area contributed by atoms with Crippen molar-refractivity contribution < 1.29 is 19.4 Å². The molecular weight excluding hydrogens is 418 g/mol. The number of aliphatic hydroxyl groups excluding tert-OH is 1. The van der Waals surface area contributed by atoms with E-state index in [9.17, 15) is 14.7 Å². The molecule has 7 nitrogen and oxygen atoms in total. The van der Waals surface area contributed by atoms with Gasteiger partial charge in [0.05, 0.1) is 18.3 Å². The van der Waals surface area contributed by atoms with E-state index < -0.39 is 6.10 Å². The Balaban J connectivity index is 1.44. The molecule has 0 spiro atoms. The van der Waals surface area contributed by atoms with Crippen LogP contribution in [0.4, 0.5) is 0 Å². The second-order valence-corrected chi connectivity index (χ2v) is 9.26. The van der Waals surface area contributed by atoms with E-state index in [2.05, 4.69) is 36.6 Å². The summed E-state index contributed by atoms with van der Waals surface area (Å²) in [6.07, 6.45) is -0.0141. The summed E-state index contributed by atoms with van der Waals surface area (Å²) in [5.41, 5.74) is 4.29. The van der Waals surface area contributed by atoms with Crippen molar-refractivity contribution >= 4 is 11.8 Å². The Hall–Kier alpha value is -2.90. The quantitative estimate of drug-likeness (QED) is 0.574.